The van der Waals surface area contributed by atoms with Gasteiger partial charge in [0.15, 0.2) is 0 Å². The minimum Gasteiger partial charge on any atom is -0.468 e. The number of halogens is 1. The monoisotopic (exact) mass is 294 g/mol. The van der Waals surface area contributed by atoms with Gasteiger partial charge in [0.1, 0.15) is 5.82 Å². The van der Waals surface area contributed by atoms with Crippen LogP contribution in [0.25, 0.3) is 11.0 Å². The summed E-state index contributed by atoms with van der Waals surface area (Å²) in [4.78, 5) is 21.1. The highest BCUT2D eigenvalue weighted by molar-refractivity contribution is 5.80. The third-order valence-corrected chi connectivity index (χ3v) is 3.61. The van der Waals surface area contributed by atoms with Gasteiger partial charge in [-0.25, -0.2) is 9.18 Å². The molecular weight excluding hydrogens is 279 g/mol. The van der Waals surface area contributed by atoms with E-state index in [9.17, 15) is 9.18 Å². The predicted octanol–water partition coefficient (Wildman–Crippen LogP) is 1.51. The number of fused-ring (bicyclic) bond motifs is 1. The zero-order valence-electron chi connectivity index (χ0n) is 11.5. The maximum atomic E-state index is 14.2. The molecule has 7 nitrogen and oxygen atoms in total. The van der Waals surface area contributed by atoms with Gasteiger partial charge in [0.25, 0.3) is 6.01 Å². The Morgan fingerprint density at radius 1 is 1.38 bits per heavy atom. The van der Waals surface area contributed by atoms with Crippen molar-refractivity contribution in [2.24, 2.45) is 0 Å². The number of hydrogen-bond donors (Lipinski definition) is 2. The number of hydrogen-bond acceptors (Lipinski definition) is 4. The molecule has 2 aromatic rings. The number of piperazine rings is 1. The Labute approximate surface area is 119 Å². The molecule has 0 bridgehead atoms. The van der Waals surface area contributed by atoms with E-state index in [0.717, 1.165) is 0 Å². The zero-order valence-corrected chi connectivity index (χ0v) is 11.5. The van der Waals surface area contributed by atoms with Crippen LogP contribution >= 0.6 is 0 Å². The first-order valence-electron chi connectivity index (χ1n) is 6.54. The molecular formula is C13H15FN4O3. The topological polar surface area (TPSA) is 81.7 Å². The molecule has 1 aromatic heterocycles. The van der Waals surface area contributed by atoms with Gasteiger partial charge in [-0.15, -0.1) is 0 Å². The summed E-state index contributed by atoms with van der Waals surface area (Å²) in [7, 11) is 1.49. The fraction of sp³-hybridized carbons (Fsp3) is 0.385. The number of rotatable bonds is 2. The van der Waals surface area contributed by atoms with Gasteiger partial charge in [-0.2, -0.15) is 4.98 Å². The molecule has 1 saturated heterocycles. The lowest BCUT2D eigenvalue weighted by atomic mass is 10.2. The summed E-state index contributed by atoms with van der Waals surface area (Å²) in [5.41, 5.74) is 1.63. The van der Waals surface area contributed by atoms with Crippen molar-refractivity contribution in [2.75, 3.05) is 38.2 Å². The molecule has 2 heterocycles. The van der Waals surface area contributed by atoms with E-state index in [1.807, 2.05) is 4.90 Å². The van der Waals surface area contributed by atoms with E-state index in [-0.39, 0.29) is 5.82 Å². The van der Waals surface area contributed by atoms with Crippen LogP contribution in [0.2, 0.25) is 0 Å². The van der Waals surface area contributed by atoms with Crippen molar-refractivity contribution < 1.29 is 19.0 Å². The number of imidazole rings is 1. The summed E-state index contributed by atoms with van der Waals surface area (Å²) in [5.74, 6) is -0.375. The lowest BCUT2D eigenvalue weighted by Gasteiger charge is -2.34. The largest absolute Gasteiger partial charge is 0.468 e. The Hall–Kier alpha value is -2.51. The van der Waals surface area contributed by atoms with Crippen LogP contribution in [0.15, 0.2) is 12.1 Å². The van der Waals surface area contributed by atoms with Crippen molar-refractivity contribution >= 4 is 22.8 Å². The molecule has 0 aliphatic carbocycles. The highest BCUT2D eigenvalue weighted by Crippen LogP contribution is 2.27. The standard InChI is InChI=1S/C13H15FN4O3/c1-21-12-15-9-6-8(14)11(7-10(9)16-12)17-2-4-18(5-3-17)13(19)20/h6-7H,2-5H2,1H3,(H,15,16)(H,19,20). The molecule has 1 aromatic carbocycles. The number of benzene rings is 1. The molecule has 1 aliphatic rings. The number of anilines is 1. The second-order valence-corrected chi connectivity index (χ2v) is 4.82. The molecule has 0 atom stereocenters. The van der Waals surface area contributed by atoms with Crippen molar-refractivity contribution in [3.63, 3.8) is 0 Å². The van der Waals surface area contributed by atoms with E-state index in [2.05, 4.69) is 9.97 Å². The number of carboxylic acid groups (broad SMARTS) is 1. The fourth-order valence-electron chi connectivity index (χ4n) is 2.47. The first-order valence-corrected chi connectivity index (χ1v) is 6.54. The van der Waals surface area contributed by atoms with Crippen LogP contribution in [0.1, 0.15) is 0 Å². The molecule has 2 N–H and O–H groups in total. The van der Waals surface area contributed by atoms with Gasteiger partial charge < -0.3 is 24.6 Å². The van der Waals surface area contributed by atoms with E-state index < -0.39 is 6.09 Å². The average molecular weight is 294 g/mol. The molecule has 21 heavy (non-hydrogen) atoms. The summed E-state index contributed by atoms with van der Waals surface area (Å²) < 4.78 is 19.2. The van der Waals surface area contributed by atoms with E-state index >= 15 is 0 Å². The SMILES string of the molecule is COc1nc2cc(F)c(N3CCN(C(=O)O)CC3)cc2[nH]1. The number of carbonyl (C=O) groups is 1. The maximum absolute atomic E-state index is 14.2. The molecule has 0 radical (unpaired) electrons. The van der Waals surface area contributed by atoms with Gasteiger partial charge in [0, 0.05) is 32.2 Å². The summed E-state index contributed by atoms with van der Waals surface area (Å²) in [6.45, 7) is 1.64. The molecule has 1 amide bonds. The van der Waals surface area contributed by atoms with E-state index in [0.29, 0.717) is 48.9 Å². The number of amides is 1. The second kappa shape index (κ2) is 5.12. The summed E-state index contributed by atoms with van der Waals surface area (Å²) in [6.07, 6.45) is -0.941. The number of aromatic nitrogens is 2. The highest BCUT2D eigenvalue weighted by atomic mass is 19.1. The van der Waals surface area contributed by atoms with Crippen LogP contribution in [0.3, 0.4) is 0 Å². The molecule has 112 valence electrons. The lowest BCUT2D eigenvalue weighted by molar-refractivity contribution is 0.142. The molecule has 1 aliphatic heterocycles. The lowest BCUT2D eigenvalue weighted by Crippen LogP contribution is -2.48. The highest BCUT2D eigenvalue weighted by Gasteiger charge is 2.23. The smallest absolute Gasteiger partial charge is 0.407 e. The van der Waals surface area contributed by atoms with Gasteiger partial charge in [0.05, 0.1) is 23.8 Å². The second-order valence-electron chi connectivity index (χ2n) is 4.82. The number of ether oxygens (including phenoxy) is 1. The predicted molar refractivity (Wildman–Crippen MR) is 74.4 cm³/mol. The normalized spacial score (nSPS) is 15.5. The molecule has 8 heteroatoms. The van der Waals surface area contributed by atoms with Crippen LogP contribution in [-0.2, 0) is 0 Å². The third kappa shape index (κ3) is 2.44. The third-order valence-electron chi connectivity index (χ3n) is 3.61. The Morgan fingerprint density at radius 3 is 2.71 bits per heavy atom. The van der Waals surface area contributed by atoms with Gasteiger partial charge in [-0.1, -0.05) is 0 Å². The van der Waals surface area contributed by atoms with Crippen LogP contribution in [-0.4, -0.2) is 59.4 Å². The Bertz CT molecular complexity index is 679. The number of H-pyrrole nitrogens is 1. The quantitative estimate of drug-likeness (QED) is 0.877. The fourth-order valence-corrected chi connectivity index (χ4v) is 2.47. The summed E-state index contributed by atoms with van der Waals surface area (Å²) in [6, 6.07) is 3.36. The molecule has 3 rings (SSSR count). The molecule has 0 saturated carbocycles. The molecule has 0 unspecified atom stereocenters. The Kier molecular flexibility index (Phi) is 3.28. The summed E-state index contributed by atoms with van der Waals surface area (Å²) >= 11 is 0. The Balaban J connectivity index is 1.87. The van der Waals surface area contributed by atoms with Crippen LogP contribution in [0, 0.1) is 5.82 Å². The first-order chi connectivity index (χ1) is 10.1. The van der Waals surface area contributed by atoms with Crippen LogP contribution in [0.4, 0.5) is 14.9 Å². The average Bonchev–Trinajstić information content (AvgIpc) is 2.88. The number of nitrogens with one attached hydrogen (secondary N) is 1. The van der Waals surface area contributed by atoms with Crippen molar-refractivity contribution in [2.45, 2.75) is 0 Å². The minimum absolute atomic E-state index is 0.331. The van der Waals surface area contributed by atoms with E-state index in [1.54, 1.807) is 6.07 Å². The minimum atomic E-state index is -0.941. The molecule has 1 fully saturated rings. The van der Waals surface area contributed by atoms with Gasteiger partial charge in [-0.05, 0) is 6.07 Å². The van der Waals surface area contributed by atoms with Crippen LogP contribution < -0.4 is 9.64 Å². The van der Waals surface area contributed by atoms with Gasteiger partial charge in [-0.3, -0.25) is 0 Å². The van der Waals surface area contributed by atoms with Crippen molar-refractivity contribution in [3.8, 4) is 6.01 Å². The van der Waals surface area contributed by atoms with E-state index in [4.69, 9.17) is 9.84 Å². The van der Waals surface area contributed by atoms with Crippen molar-refractivity contribution in [1.29, 1.82) is 0 Å². The van der Waals surface area contributed by atoms with Crippen molar-refractivity contribution in [1.82, 2.24) is 14.9 Å². The van der Waals surface area contributed by atoms with E-state index in [1.165, 1.54) is 18.1 Å². The maximum Gasteiger partial charge on any atom is 0.407 e. The van der Waals surface area contributed by atoms with Gasteiger partial charge >= 0.3 is 6.09 Å². The van der Waals surface area contributed by atoms with Crippen molar-refractivity contribution in [3.05, 3.63) is 17.9 Å². The summed E-state index contributed by atoms with van der Waals surface area (Å²) in [5, 5.41) is 8.93. The number of nitrogens with zero attached hydrogens (tertiary/aromatic N) is 3. The number of methoxy groups -OCH3 is 1. The number of aromatic amines is 1. The van der Waals surface area contributed by atoms with Gasteiger partial charge in [0.2, 0.25) is 0 Å². The Morgan fingerprint density at radius 2 is 2.10 bits per heavy atom. The zero-order chi connectivity index (χ0) is 15.0. The molecule has 0 spiro atoms. The first kappa shape index (κ1) is 13.5. The van der Waals surface area contributed by atoms with Crippen LogP contribution in [0.5, 0.6) is 6.01 Å².